The Balaban J connectivity index is 1.68. The molecule has 0 radical (unpaired) electrons. The van der Waals surface area contributed by atoms with Gasteiger partial charge in [0.1, 0.15) is 18.3 Å². The first-order valence-corrected chi connectivity index (χ1v) is 17.5. The fraction of sp³-hybridized carbons (Fsp3) is 0.375. The number of rotatable bonds is 12. The first-order chi connectivity index (χ1) is 20.6. The predicted octanol–water partition coefficient (Wildman–Crippen LogP) is 6.67. The van der Waals surface area contributed by atoms with E-state index in [-0.39, 0.29) is 23.4 Å². The summed E-state index contributed by atoms with van der Waals surface area (Å²) in [5.41, 5.74) is 1.12. The number of carbonyl (C=O) groups excluding carboxylic acids is 2. The van der Waals surface area contributed by atoms with Gasteiger partial charge in [-0.3, -0.25) is 13.9 Å². The Morgan fingerprint density at radius 3 is 2.26 bits per heavy atom. The van der Waals surface area contributed by atoms with E-state index in [1.807, 2.05) is 31.2 Å². The number of benzene rings is 3. The van der Waals surface area contributed by atoms with Gasteiger partial charge in [-0.2, -0.15) is 0 Å². The van der Waals surface area contributed by atoms with Crippen LogP contribution in [0.5, 0.6) is 5.75 Å². The summed E-state index contributed by atoms with van der Waals surface area (Å²) >= 11 is 6.84. The van der Waals surface area contributed by atoms with Crippen LogP contribution in [0.15, 0.2) is 86.6 Å². The van der Waals surface area contributed by atoms with Gasteiger partial charge in [0.25, 0.3) is 10.0 Å². The van der Waals surface area contributed by atoms with Gasteiger partial charge in [0.05, 0.1) is 17.2 Å². The zero-order chi connectivity index (χ0) is 31.0. The van der Waals surface area contributed by atoms with Crippen molar-refractivity contribution in [2.24, 2.45) is 0 Å². The maximum atomic E-state index is 14.2. The fourth-order valence-corrected chi connectivity index (χ4v) is 7.25. The third kappa shape index (κ3) is 8.83. The van der Waals surface area contributed by atoms with Crippen LogP contribution in [0.1, 0.15) is 51.5 Å². The Morgan fingerprint density at radius 2 is 1.63 bits per heavy atom. The number of amides is 2. The monoisotopic (exact) mass is 733 g/mol. The fourth-order valence-electron chi connectivity index (χ4n) is 5.12. The summed E-state index contributed by atoms with van der Waals surface area (Å²) in [6, 6.07) is 19.6. The van der Waals surface area contributed by atoms with Crippen LogP contribution in [-0.4, -0.2) is 50.4 Å². The molecule has 0 saturated heterocycles. The molecule has 1 N–H and O–H groups in total. The number of ether oxygens (including phenoxy) is 1. The summed E-state index contributed by atoms with van der Waals surface area (Å²) in [6.45, 7) is 3.65. The lowest BCUT2D eigenvalue weighted by Gasteiger charge is -2.33. The van der Waals surface area contributed by atoms with Crippen LogP contribution in [0.3, 0.4) is 0 Å². The van der Waals surface area contributed by atoms with Crippen molar-refractivity contribution < 1.29 is 22.7 Å². The molecule has 3 aromatic carbocycles. The van der Waals surface area contributed by atoms with Gasteiger partial charge in [0, 0.05) is 21.5 Å². The quantitative estimate of drug-likeness (QED) is 0.224. The van der Waals surface area contributed by atoms with Crippen molar-refractivity contribution in [2.45, 2.75) is 69.5 Å². The number of nitrogens with zero attached hydrogens (tertiary/aromatic N) is 2. The van der Waals surface area contributed by atoms with E-state index in [4.69, 9.17) is 4.74 Å². The summed E-state index contributed by atoms with van der Waals surface area (Å²) in [4.78, 5) is 29.1. The minimum Gasteiger partial charge on any atom is -0.494 e. The predicted molar refractivity (Wildman–Crippen MR) is 175 cm³/mol. The van der Waals surface area contributed by atoms with Gasteiger partial charge in [0.15, 0.2) is 0 Å². The van der Waals surface area contributed by atoms with E-state index in [2.05, 4.69) is 37.2 Å². The van der Waals surface area contributed by atoms with Gasteiger partial charge in [-0.1, -0.05) is 63.3 Å². The zero-order valence-electron chi connectivity index (χ0n) is 24.3. The van der Waals surface area contributed by atoms with Crippen LogP contribution >= 0.6 is 31.9 Å². The number of carbonyl (C=O) groups is 2. The highest BCUT2D eigenvalue weighted by atomic mass is 79.9. The molecule has 43 heavy (non-hydrogen) atoms. The molecule has 11 heteroatoms. The van der Waals surface area contributed by atoms with E-state index in [0.29, 0.717) is 18.0 Å². The second-order valence-electron chi connectivity index (χ2n) is 10.6. The van der Waals surface area contributed by atoms with E-state index >= 15 is 0 Å². The number of hydrogen-bond donors (Lipinski definition) is 1. The molecule has 3 aromatic rings. The van der Waals surface area contributed by atoms with E-state index < -0.39 is 28.5 Å². The zero-order valence-corrected chi connectivity index (χ0v) is 28.3. The maximum Gasteiger partial charge on any atom is 0.264 e. The molecule has 1 aliphatic carbocycles. The lowest BCUT2D eigenvalue weighted by Crippen LogP contribution is -2.53. The van der Waals surface area contributed by atoms with Gasteiger partial charge < -0.3 is 15.0 Å². The molecule has 1 atom stereocenters. The smallest absolute Gasteiger partial charge is 0.264 e. The van der Waals surface area contributed by atoms with Crippen molar-refractivity contribution in [1.82, 2.24) is 10.2 Å². The number of nitrogens with one attached hydrogen (secondary N) is 1. The average Bonchev–Trinajstić information content (AvgIpc) is 2.99. The van der Waals surface area contributed by atoms with Crippen molar-refractivity contribution in [3.63, 3.8) is 0 Å². The van der Waals surface area contributed by atoms with Crippen LogP contribution < -0.4 is 14.4 Å². The highest BCUT2D eigenvalue weighted by Crippen LogP contribution is 2.28. The molecule has 0 aromatic heterocycles. The molecular formula is C32H37Br2N3O5S. The number of sulfonamides is 1. The van der Waals surface area contributed by atoms with Gasteiger partial charge in [-0.15, -0.1) is 0 Å². The first kappa shape index (κ1) is 33.0. The van der Waals surface area contributed by atoms with Crippen molar-refractivity contribution in [3.05, 3.63) is 87.3 Å². The normalized spacial score (nSPS) is 14.5. The molecule has 230 valence electrons. The van der Waals surface area contributed by atoms with Crippen LogP contribution in [0.25, 0.3) is 0 Å². The maximum absolute atomic E-state index is 14.2. The van der Waals surface area contributed by atoms with Crippen LogP contribution in [-0.2, 0) is 26.2 Å². The molecule has 1 aliphatic rings. The second-order valence-corrected chi connectivity index (χ2v) is 14.3. The Morgan fingerprint density at radius 1 is 0.953 bits per heavy atom. The van der Waals surface area contributed by atoms with Crippen LogP contribution in [0.2, 0.25) is 0 Å². The topological polar surface area (TPSA) is 96.0 Å². The standard InChI is InChI=1S/C32H37Br2N3O5S/c1-3-42-29-16-14-28(15-17-29)37(43(40,41)30-18-12-25(33)13-19-30)22-31(38)36(21-24-8-7-9-26(34)20-24)23(2)32(39)35-27-10-5-4-6-11-27/h7-9,12-20,23,27H,3-6,10-11,21-22H2,1-2H3,(H,35,39)/t23-/m1/s1. The molecule has 0 spiro atoms. The third-order valence-electron chi connectivity index (χ3n) is 7.48. The molecule has 0 unspecified atom stereocenters. The van der Waals surface area contributed by atoms with Crippen LogP contribution in [0.4, 0.5) is 5.69 Å². The van der Waals surface area contributed by atoms with E-state index in [9.17, 15) is 18.0 Å². The van der Waals surface area contributed by atoms with E-state index in [1.54, 1.807) is 43.3 Å². The second kappa shape index (κ2) is 15.2. The van der Waals surface area contributed by atoms with E-state index in [0.717, 1.165) is 50.9 Å². The number of halogens is 2. The Hall–Kier alpha value is -2.89. The molecule has 1 saturated carbocycles. The van der Waals surface area contributed by atoms with Gasteiger partial charge in [-0.25, -0.2) is 8.42 Å². The molecule has 0 aliphatic heterocycles. The first-order valence-electron chi connectivity index (χ1n) is 14.4. The minimum atomic E-state index is -4.16. The Bertz CT molecular complexity index is 1490. The van der Waals surface area contributed by atoms with Gasteiger partial charge in [-0.05, 0) is 92.9 Å². The van der Waals surface area contributed by atoms with Crippen molar-refractivity contribution in [3.8, 4) is 5.75 Å². The SMILES string of the molecule is CCOc1ccc(N(CC(=O)N(Cc2cccc(Br)c2)[C@H](C)C(=O)NC2CCCCC2)S(=O)(=O)c2ccc(Br)cc2)cc1. The molecule has 4 rings (SSSR count). The molecule has 0 bridgehead atoms. The van der Waals surface area contributed by atoms with Gasteiger partial charge in [0.2, 0.25) is 11.8 Å². The summed E-state index contributed by atoms with van der Waals surface area (Å²) in [5.74, 6) is -0.165. The Kier molecular flexibility index (Phi) is 11.7. The van der Waals surface area contributed by atoms with E-state index in [1.165, 1.54) is 17.0 Å². The Labute approximate surface area is 271 Å². The summed E-state index contributed by atoms with van der Waals surface area (Å²) < 4.78 is 36.2. The molecular weight excluding hydrogens is 698 g/mol. The van der Waals surface area contributed by atoms with Crippen LogP contribution in [0, 0.1) is 0 Å². The minimum absolute atomic E-state index is 0.0408. The number of anilines is 1. The largest absolute Gasteiger partial charge is 0.494 e. The summed E-state index contributed by atoms with van der Waals surface area (Å²) in [5, 5.41) is 3.12. The summed E-state index contributed by atoms with van der Waals surface area (Å²) in [6.07, 6.45) is 5.10. The van der Waals surface area contributed by atoms with Gasteiger partial charge >= 0.3 is 0 Å². The molecule has 2 amide bonds. The molecule has 8 nitrogen and oxygen atoms in total. The van der Waals surface area contributed by atoms with Crippen molar-refractivity contribution >= 4 is 59.4 Å². The lowest BCUT2D eigenvalue weighted by atomic mass is 9.95. The lowest BCUT2D eigenvalue weighted by molar-refractivity contribution is -0.139. The summed E-state index contributed by atoms with van der Waals surface area (Å²) in [7, 11) is -4.16. The average molecular weight is 736 g/mol. The number of hydrogen-bond acceptors (Lipinski definition) is 5. The highest BCUT2D eigenvalue weighted by molar-refractivity contribution is 9.10. The molecule has 0 heterocycles. The van der Waals surface area contributed by atoms with Crippen molar-refractivity contribution in [1.29, 1.82) is 0 Å². The molecule has 1 fully saturated rings. The highest BCUT2D eigenvalue weighted by Gasteiger charge is 2.33. The third-order valence-corrected chi connectivity index (χ3v) is 10.3. The van der Waals surface area contributed by atoms with Crippen molar-refractivity contribution in [2.75, 3.05) is 17.5 Å².